The lowest BCUT2D eigenvalue weighted by molar-refractivity contribution is -0.140. The largest absolute Gasteiger partial charge is 0.495 e. The molecule has 3 aromatic carbocycles. The van der Waals surface area contributed by atoms with Crippen molar-refractivity contribution in [2.24, 2.45) is 0 Å². The molecule has 1 atom stereocenters. The Balaban J connectivity index is 1.77. The lowest BCUT2D eigenvalue weighted by atomic mass is 10.1. The molecule has 42 heavy (non-hydrogen) atoms. The molecule has 4 rings (SSSR count). The van der Waals surface area contributed by atoms with Gasteiger partial charge in [-0.3, -0.25) is 13.9 Å². The Hall–Kier alpha value is -3.56. The summed E-state index contributed by atoms with van der Waals surface area (Å²) >= 11 is 6.49. The number of ether oxygens (including phenoxy) is 1. The fraction of sp³-hybridized carbons (Fsp3) is 0.375. The Kier molecular flexibility index (Phi) is 10.5. The Morgan fingerprint density at radius 3 is 2.33 bits per heavy atom. The number of halogens is 1. The fourth-order valence-electron chi connectivity index (χ4n) is 5.33. The minimum absolute atomic E-state index is 0.0324. The molecule has 0 saturated heterocycles. The van der Waals surface area contributed by atoms with E-state index in [9.17, 15) is 18.0 Å². The molecule has 1 N–H and O–H groups in total. The van der Waals surface area contributed by atoms with Gasteiger partial charge in [0.2, 0.25) is 11.8 Å². The van der Waals surface area contributed by atoms with Crippen molar-refractivity contribution in [1.29, 1.82) is 0 Å². The first-order valence-electron chi connectivity index (χ1n) is 14.2. The average Bonchev–Trinajstić information content (AvgIpc) is 3.50. The van der Waals surface area contributed by atoms with Crippen LogP contribution in [0.2, 0.25) is 5.02 Å². The third kappa shape index (κ3) is 7.25. The van der Waals surface area contributed by atoms with E-state index in [0.29, 0.717) is 22.8 Å². The molecule has 0 bridgehead atoms. The van der Waals surface area contributed by atoms with E-state index in [2.05, 4.69) is 5.32 Å². The predicted molar refractivity (Wildman–Crippen MR) is 165 cm³/mol. The third-order valence-electron chi connectivity index (χ3n) is 7.60. The first-order chi connectivity index (χ1) is 20.1. The molecule has 0 aliphatic heterocycles. The van der Waals surface area contributed by atoms with E-state index >= 15 is 0 Å². The molecule has 1 aliphatic carbocycles. The van der Waals surface area contributed by atoms with Gasteiger partial charge < -0.3 is 15.0 Å². The van der Waals surface area contributed by atoms with Crippen LogP contribution in [-0.4, -0.2) is 50.9 Å². The van der Waals surface area contributed by atoms with E-state index < -0.39 is 28.5 Å². The Bertz CT molecular complexity index is 1490. The number of hydrogen-bond donors (Lipinski definition) is 1. The van der Waals surface area contributed by atoms with Gasteiger partial charge >= 0.3 is 0 Å². The predicted octanol–water partition coefficient (Wildman–Crippen LogP) is 5.72. The minimum Gasteiger partial charge on any atom is -0.495 e. The average molecular weight is 612 g/mol. The van der Waals surface area contributed by atoms with Crippen LogP contribution in [0.25, 0.3) is 0 Å². The zero-order chi connectivity index (χ0) is 30.3. The fourth-order valence-corrected chi connectivity index (χ4v) is 6.96. The number of anilines is 1. The van der Waals surface area contributed by atoms with Gasteiger partial charge in [0.05, 0.1) is 17.7 Å². The third-order valence-corrected chi connectivity index (χ3v) is 9.74. The smallest absolute Gasteiger partial charge is 0.264 e. The molecule has 1 saturated carbocycles. The lowest BCUT2D eigenvalue weighted by Crippen LogP contribution is -2.53. The van der Waals surface area contributed by atoms with Crippen LogP contribution < -0.4 is 14.4 Å². The number of carbonyl (C=O) groups is 2. The number of methoxy groups -OCH3 is 1. The van der Waals surface area contributed by atoms with Gasteiger partial charge in [-0.2, -0.15) is 0 Å². The molecule has 0 heterocycles. The molecular formula is C32H38ClN3O5S. The van der Waals surface area contributed by atoms with Crippen molar-refractivity contribution in [3.8, 4) is 5.75 Å². The van der Waals surface area contributed by atoms with Crippen molar-refractivity contribution in [2.45, 2.75) is 69.5 Å². The first kappa shape index (κ1) is 31.4. The number of benzene rings is 3. The van der Waals surface area contributed by atoms with Gasteiger partial charge in [0, 0.05) is 17.6 Å². The summed E-state index contributed by atoms with van der Waals surface area (Å²) in [7, 11) is -2.75. The molecule has 2 amide bonds. The van der Waals surface area contributed by atoms with Gasteiger partial charge in [-0.05, 0) is 67.6 Å². The Labute approximate surface area is 253 Å². The summed E-state index contributed by atoms with van der Waals surface area (Å²) in [6.07, 6.45) is 4.24. The van der Waals surface area contributed by atoms with E-state index in [1.165, 1.54) is 24.1 Å². The highest BCUT2D eigenvalue weighted by Gasteiger charge is 2.35. The van der Waals surface area contributed by atoms with Crippen molar-refractivity contribution in [2.75, 3.05) is 18.0 Å². The summed E-state index contributed by atoms with van der Waals surface area (Å²) < 4.78 is 34.8. The summed E-state index contributed by atoms with van der Waals surface area (Å²) in [4.78, 5) is 29.4. The van der Waals surface area contributed by atoms with Gasteiger partial charge in [0.25, 0.3) is 10.0 Å². The van der Waals surface area contributed by atoms with Crippen molar-refractivity contribution in [3.63, 3.8) is 0 Å². The maximum Gasteiger partial charge on any atom is 0.264 e. The highest BCUT2D eigenvalue weighted by atomic mass is 35.5. The second kappa shape index (κ2) is 14.1. The van der Waals surface area contributed by atoms with E-state index in [1.54, 1.807) is 48.5 Å². The van der Waals surface area contributed by atoms with Crippen LogP contribution in [-0.2, 0) is 26.2 Å². The zero-order valence-electron chi connectivity index (χ0n) is 24.3. The summed E-state index contributed by atoms with van der Waals surface area (Å²) in [5.41, 5.74) is 1.68. The number of rotatable bonds is 12. The van der Waals surface area contributed by atoms with E-state index in [1.807, 2.05) is 26.0 Å². The van der Waals surface area contributed by atoms with Crippen LogP contribution in [0.15, 0.2) is 77.7 Å². The quantitative estimate of drug-likeness (QED) is 0.283. The number of nitrogens with one attached hydrogen (secondary N) is 1. The highest BCUT2D eigenvalue weighted by Crippen LogP contribution is 2.34. The van der Waals surface area contributed by atoms with Gasteiger partial charge in [0.15, 0.2) is 0 Å². The van der Waals surface area contributed by atoms with Crippen LogP contribution in [0.3, 0.4) is 0 Å². The van der Waals surface area contributed by atoms with E-state index in [0.717, 1.165) is 35.6 Å². The molecule has 0 spiro atoms. The second-order valence-electron chi connectivity index (χ2n) is 10.5. The van der Waals surface area contributed by atoms with Crippen LogP contribution >= 0.6 is 11.6 Å². The van der Waals surface area contributed by atoms with Crippen LogP contribution in [0.1, 0.15) is 50.2 Å². The van der Waals surface area contributed by atoms with Crippen molar-refractivity contribution < 1.29 is 22.7 Å². The topological polar surface area (TPSA) is 96.0 Å². The van der Waals surface area contributed by atoms with E-state index in [4.69, 9.17) is 16.3 Å². The molecule has 1 aliphatic rings. The second-order valence-corrected chi connectivity index (χ2v) is 12.8. The Morgan fingerprint density at radius 2 is 1.69 bits per heavy atom. The van der Waals surface area contributed by atoms with E-state index in [-0.39, 0.29) is 29.1 Å². The molecule has 10 heteroatoms. The van der Waals surface area contributed by atoms with Crippen molar-refractivity contribution >= 4 is 39.1 Å². The van der Waals surface area contributed by atoms with Crippen molar-refractivity contribution in [3.05, 3.63) is 88.9 Å². The van der Waals surface area contributed by atoms with Gasteiger partial charge in [-0.25, -0.2) is 8.42 Å². The van der Waals surface area contributed by atoms with Crippen LogP contribution in [0.5, 0.6) is 5.75 Å². The van der Waals surface area contributed by atoms with Crippen LogP contribution in [0.4, 0.5) is 5.69 Å². The lowest BCUT2D eigenvalue weighted by Gasteiger charge is -2.34. The number of sulfonamides is 1. The summed E-state index contributed by atoms with van der Waals surface area (Å²) in [6.45, 7) is 3.17. The number of aryl methyl sites for hydroxylation is 1. The monoisotopic (exact) mass is 611 g/mol. The number of carbonyl (C=O) groups excluding carboxylic acids is 2. The summed E-state index contributed by atoms with van der Waals surface area (Å²) in [5.74, 6) is -0.488. The molecule has 1 fully saturated rings. The van der Waals surface area contributed by atoms with Gasteiger partial charge in [0.1, 0.15) is 18.3 Å². The number of hydrogen-bond acceptors (Lipinski definition) is 5. The summed E-state index contributed by atoms with van der Waals surface area (Å²) in [5, 5.41) is 3.57. The van der Waals surface area contributed by atoms with Crippen LogP contribution in [0, 0.1) is 6.92 Å². The highest BCUT2D eigenvalue weighted by molar-refractivity contribution is 7.92. The molecule has 1 unspecified atom stereocenters. The number of nitrogens with zero attached hydrogens (tertiary/aromatic N) is 2. The standard InChI is InChI=1S/C32H38ClN3O5S/c1-4-28(32(38)34-25-13-9-10-14-25)35(21-24-12-8-11-17-27(24)33)31(37)22-36(29-20-23(2)18-19-30(29)41-3)42(39,40)26-15-6-5-7-16-26/h5-8,11-12,15-20,25,28H,4,9-10,13-14,21-22H2,1-3H3,(H,34,38). The molecular weight excluding hydrogens is 574 g/mol. The molecule has 0 aromatic heterocycles. The van der Waals surface area contributed by atoms with Gasteiger partial charge in [-0.15, -0.1) is 0 Å². The SMILES string of the molecule is CCC(C(=O)NC1CCCC1)N(Cc1ccccc1Cl)C(=O)CN(c1cc(C)ccc1OC)S(=O)(=O)c1ccccc1. The Morgan fingerprint density at radius 1 is 1.02 bits per heavy atom. The molecule has 224 valence electrons. The minimum atomic E-state index is -4.21. The van der Waals surface area contributed by atoms with Crippen molar-refractivity contribution in [1.82, 2.24) is 10.2 Å². The first-order valence-corrected chi connectivity index (χ1v) is 16.0. The maximum atomic E-state index is 14.3. The van der Waals surface area contributed by atoms with Gasteiger partial charge in [-0.1, -0.05) is 73.8 Å². The normalized spacial score (nSPS) is 14.3. The maximum absolute atomic E-state index is 14.3. The molecule has 8 nitrogen and oxygen atoms in total. The zero-order valence-corrected chi connectivity index (χ0v) is 25.8. The molecule has 0 radical (unpaired) electrons. The summed E-state index contributed by atoms with van der Waals surface area (Å²) in [6, 6.07) is 19.5. The molecule has 3 aromatic rings. The number of amides is 2.